The number of rotatable bonds is 6. The van der Waals surface area contributed by atoms with Crippen LogP contribution in [0.2, 0.25) is 0 Å². The molecule has 10 atom stereocenters. The van der Waals surface area contributed by atoms with Crippen LogP contribution in [0.3, 0.4) is 0 Å². The zero-order valence-corrected chi connectivity index (χ0v) is 40.3. The molecule has 2 fully saturated rings. The van der Waals surface area contributed by atoms with E-state index >= 15 is 0 Å². The Bertz CT molecular complexity index is 1160. The van der Waals surface area contributed by atoms with Crippen molar-refractivity contribution in [2.24, 2.45) is 35.5 Å². The molecule has 0 radical (unpaired) electrons. The Morgan fingerprint density at radius 3 is 1.27 bits per heavy atom. The molecule has 276 valence electrons. The Labute approximate surface area is 347 Å². The Hall–Kier alpha value is 1.09. The van der Waals surface area contributed by atoms with Crippen molar-refractivity contribution in [3.05, 3.63) is 83.9 Å². The van der Waals surface area contributed by atoms with Gasteiger partial charge in [-0.2, -0.15) is 16.8 Å². The SMILES string of the molecule is C[C@H]1[C@@H](C)[C@@H](CI)O[C@@H](/C=C/c2ccccc2)[C@H]1C.C[C@H]1[C@@H](C)[C@@H](CO)O[C@@H](/C=C/c2ccccc2)[C@H]1C.II(I)I.O=S=O.O=S=O.[HH].[HH]. The number of aliphatic hydroxyl groups is 1. The topological polar surface area (TPSA) is 107 Å². The molecule has 2 aliphatic heterocycles. The van der Waals surface area contributed by atoms with Crippen molar-refractivity contribution in [2.45, 2.75) is 66.0 Å². The van der Waals surface area contributed by atoms with Crippen molar-refractivity contribution in [1.82, 2.24) is 0 Å². The average Bonchev–Trinajstić information content (AvgIpc) is 3.07. The molecule has 0 aromatic heterocycles. The van der Waals surface area contributed by atoms with E-state index in [2.05, 4.69) is 181 Å². The van der Waals surface area contributed by atoms with Crippen molar-refractivity contribution in [3.8, 4) is 0 Å². The minimum Gasteiger partial charge on any atom is -0.168 e. The van der Waals surface area contributed by atoms with Crippen LogP contribution in [0, 0.1) is 35.5 Å². The van der Waals surface area contributed by atoms with Gasteiger partial charge in [-0.3, -0.25) is 0 Å². The van der Waals surface area contributed by atoms with Gasteiger partial charge in [0.25, 0.3) is 0 Å². The van der Waals surface area contributed by atoms with Gasteiger partial charge in [-0.05, 0) is 46.6 Å². The second-order valence-electron chi connectivity index (χ2n) is 11.6. The van der Waals surface area contributed by atoms with Crippen LogP contribution in [0.15, 0.2) is 72.8 Å². The van der Waals surface area contributed by atoms with Crippen molar-refractivity contribution in [1.29, 1.82) is 0 Å². The largest absolute Gasteiger partial charge is 0.335 e. The van der Waals surface area contributed by atoms with Gasteiger partial charge in [0.2, 0.25) is 0 Å². The maximum atomic E-state index is 9.42. The standard InChI is InChI=1S/C17H23IO.C17H24O2.I4.2O2S.2H2/c2*1-12-13(2)16(19-17(11-18)14(12)3)10-9-15-7-5-4-6-8-15;1-4(2)3;2*1-3-2;;/h4-10,12-14,16-17H,11H2,1-3H3;4-10,12-14,16-18H,11H2,1-3H3;;;;2*1H/b2*10-9+;;;;;/t2*12-,13+,14-,16+,17-;;;;;/m11...../s1. The maximum absolute atomic E-state index is 9.42. The van der Waals surface area contributed by atoms with Crippen LogP contribution < -0.4 is 0 Å². The van der Waals surface area contributed by atoms with Gasteiger partial charge < -0.3 is 14.6 Å². The molecule has 7 nitrogen and oxygen atoms in total. The first-order chi connectivity index (χ1) is 22.8. The second kappa shape index (κ2) is 29.5. The Morgan fingerprint density at radius 2 is 0.958 bits per heavy atom. The fourth-order valence-electron chi connectivity index (χ4n) is 5.50. The van der Waals surface area contributed by atoms with Crippen molar-refractivity contribution >= 4 is 122 Å². The number of alkyl halides is 1. The third-order valence-electron chi connectivity index (χ3n) is 9.08. The Kier molecular flexibility index (Phi) is 30.2. The maximum Gasteiger partial charge on any atom is 0.335 e. The fourth-order valence-corrected chi connectivity index (χ4v) is 6.51. The van der Waals surface area contributed by atoms with E-state index < -0.39 is 23.1 Å². The van der Waals surface area contributed by atoms with Crippen LogP contribution in [0.25, 0.3) is 12.2 Å². The molecule has 2 heterocycles. The van der Waals surface area contributed by atoms with E-state index in [0.29, 0.717) is 41.6 Å². The second-order valence-corrected chi connectivity index (χ2v) is 61.5. The van der Waals surface area contributed by atoms with Gasteiger partial charge in [-0.15, -0.1) is 0 Å². The Balaban J connectivity index is -0.000000677. The van der Waals surface area contributed by atoms with Crippen LogP contribution in [-0.2, 0) is 32.6 Å². The Morgan fingerprint density at radius 1 is 0.646 bits per heavy atom. The minimum atomic E-state index is -0.750. The quantitative estimate of drug-likeness (QED) is 0.227. The molecule has 14 heteroatoms. The minimum absolute atomic E-state index is 0. The summed E-state index contributed by atoms with van der Waals surface area (Å²) in [6.07, 6.45) is 9.34. The van der Waals surface area contributed by atoms with Gasteiger partial charge in [0.1, 0.15) is 0 Å². The van der Waals surface area contributed by atoms with Gasteiger partial charge in [-0.25, -0.2) is 0 Å². The normalized spacial score (nSPS) is 29.7. The third kappa shape index (κ3) is 19.8. The van der Waals surface area contributed by atoms with Gasteiger partial charge in [0, 0.05) is 7.28 Å². The first-order valence-electron chi connectivity index (χ1n) is 15.3. The summed E-state index contributed by atoms with van der Waals surface area (Å²) in [5.41, 5.74) is 2.43. The number of hydrogen-bond acceptors (Lipinski definition) is 7. The van der Waals surface area contributed by atoms with E-state index in [4.69, 9.17) is 26.3 Å². The monoisotopic (exact) mass is 1270 g/mol. The van der Waals surface area contributed by atoms with Crippen molar-refractivity contribution in [2.75, 3.05) is 11.0 Å². The number of ether oxygens (including phenoxy) is 2. The molecular weight excluding hydrogens is 1220 g/mol. The molecule has 48 heavy (non-hydrogen) atoms. The summed E-state index contributed by atoms with van der Waals surface area (Å²) in [7, 11) is -0.353. The van der Waals surface area contributed by atoms with Crippen LogP contribution in [-0.4, -0.2) is 57.4 Å². The van der Waals surface area contributed by atoms with Crippen LogP contribution in [0.5, 0.6) is 0 Å². The van der Waals surface area contributed by atoms with Gasteiger partial charge >= 0.3 is 86.9 Å². The summed E-state index contributed by atoms with van der Waals surface area (Å²) in [5.74, 6) is 3.36. The van der Waals surface area contributed by atoms with E-state index in [1.54, 1.807) is 0 Å². The zero-order valence-electron chi connectivity index (χ0n) is 27.9. The van der Waals surface area contributed by atoms with Crippen LogP contribution >= 0.6 is 86.3 Å². The first-order valence-corrected chi connectivity index (χ1v) is 37.0. The molecule has 0 bridgehead atoms. The molecule has 2 aliphatic rings. The zero-order chi connectivity index (χ0) is 36.6. The van der Waals surface area contributed by atoms with E-state index in [1.165, 1.54) is 11.1 Å². The van der Waals surface area contributed by atoms with Crippen LogP contribution in [0.4, 0.5) is 0 Å². The predicted molar refractivity (Wildman–Crippen MR) is 247 cm³/mol. The number of halogens is 5. The van der Waals surface area contributed by atoms with Gasteiger partial charge in [0.15, 0.2) is 0 Å². The molecule has 2 aromatic rings. The van der Waals surface area contributed by atoms with E-state index in [9.17, 15) is 5.11 Å². The predicted octanol–water partition coefficient (Wildman–Crippen LogP) is 10.9. The summed E-state index contributed by atoms with van der Waals surface area (Å²) in [4.78, 5) is 0. The molecular formula is C34H51I5O7S2. The molecule has 0 amide bonds. The van der Waals surface area contributed by atoms with Crippen molar-refractivity contribution in [3.63, 3.8) is 0 Å². The van der Waals surface area contributed by atoms with E-state index in [0.717, 1.165) is 4.43 Å². The summed E-state index contributed by atoms with van der Waals surface area (Å²) in [6.45, 7) is 13.7. The first kappa shape index (κ1) is 49.1. The van der Waals surface area contributed by atoms with Gasteiger partial charge in [0.05, 0.1) is 31.0 Å². The smallest absolute Gasteiger partial charge is 0.168 e. The van der Waals surface area contributed by atoms with Crippen molar-refractivity contribution < 1.29 is 34.3 Å². The molecule has 2 saturated heterocycles. The number of hydrogen-bond donors (Lipinski definition) is 1. The summed E-state index contributed by atoms with van der Waals surface area (Å²) in [6, 6.07) is 20.7. The molecule has 0 saturated carbocycles. The molecule has 0 spiro atoms. The third-order valence-corrected chi connectivity index (χ3v) is 9.95. The van der Waals surface area contributed by atoms with E-state index in [1.807, 2.05) is 24.3 Å². The number of benzene rings is 2. The summed E-state index contributed by atoms with van der Waals surface area (Å²) >= 11 is 8.36. The summed E-state index contributed by atoms with van der Waals surface area (Å²) in [5, 5.41) is 9.42. The molecule has 4 rings (SSSR count). The molecule has 0 unspecified atom stereocenters. The van der Waals surface area contributed by atoms with E-state index in [-0.39, 0.29) is 35.7 Å². The molecule has 1 N–H and O–H groups in total. The number of aliphatic hydroxyl groups excluding tert-OH is 1. The molecule has 0 aliphatic carbocycles. The summed E-state index contributed by atoms with van der Waals surface area (Å²) < 4.78 is 46.5. The molecule has 2 aromatic carbocycles. The van der Waals surface area contributed by atoms with Gasteiger partial charge in [-0.1, -0.05) is 149 Å². The fraction of sp³-hybridized carbons (Fsp3) is 0.529. The average molecular weight is 1270 g/mol. The van der Waals surface area contributed by atoms with Crippen LogP contribution in [0.1, 0.15) is 55.5 Å².